The van der Waals surface area contributed by atoms with Crippen molar-refractivity contribution in [3.63, 3.8) is 0 Å². The third-order valence-corrected chi connectivity index (χ3v) is 3.05. The van der Waals surface area contributed by atoms with Gasteiger partial charge in [0.2, 0.25) is 0 Å². The lowest BCUT2D eigenvalue weighted by Gasteiger charge is -2.08. The van der Waals surface area contributed by atoms with E-state index in [9.17, 15) is 13.2 Å². The van der Waals surface area contributed by atoms with E-state index in [4.69, 9.17) is 5.73 Å². The van der Waals surface area contributed by atoms with Crippen LogP contribution in [0.2, 0.25) is 0 Å². The normalized spacial score (nSPS) is 11.8. The second-order valence-electron chi connectivity index (χ2n) is 4.46. The standard InChI is InChI=1S/C13H15F3N4/c1-9-10(3-2-6-17)7-19-20(9)12-5-4-11(8-18-12)13(14,15)16/h4-5,7-8H,2-3,6,17H2,1H3. The molecule has 0 aliphatic carbocycles. The highest BCUT2D eigenvalue weighted by Gasteiger charge is 2.30. The molecule has 0 aliphatic heterocycles. The van der Waals surface area contributed by atoms with Crippen molar-refractivity contribution >= 4 is 0 Å². The first kappa shape index (κ1) is 14.5. The van der Waals surface area contributed by atoms with Crippen LogP contribution in [0.15, 0.2) is 24.5 Å². The van der Waals surface area contributed by atoms with Crippen LogP contribution in [-0.2, 0) is 12.6 Å². The van der Waals surface area contributed by atoms with Gasteiger partial charge in [-0.1, -0.05) is 0 Å². The van der Waals surface area contributed by atoms with Gasteiger partial charge in [0.05, 0.1) is 11.8 Å². The van der Waals surface area contributed by atoms with Crippen molar-refractivity contribution in [2.24, 2.45) is 5.73 Å². The zero-order valence-electron chi connectivity index (χ0n) is 11.0. The summed E-state index contributed by atoms with van der Waals surface area (Å²) in [6.07, 6.45) is -0.229. The van der Waals surface area contributed by atoms with Gasteiger partial charge < -0.3 is 5.73 Å². The summed E-state index contributed by atoms with van der Waals surface area (Å²) in [5.74, 6) is 0.370. The summed E-state index contributed by atoms with van der Waals surface area (Å²) in [7, 11) is 0. The molecule has 0 saturated heterocycles. The van der Waals surface area contributed by atoms with Crippen molar-refractivity contribution in [2.45, 2.75) is 25.9 Å². The van der Waals surface area contributed by atoms with Crippen LogP contribution in [0.25, 0.3) is 5.82 Å². The smallest absolute Gasteiger partial charge is 0.330 e. The number of nitrogens with two attached hydrogens (primary N) is 1. The summed E-state index contributed by atoms with van der Waals surface area (Å²) in [6.45, 7) is 2.45. The van der Waals surface area contributed by atoms with Crippen LogP contribution >= 0.6 is 0 Å². The fourth-order valence-electron chi connectivity index (χ4n) is 1.89. The highest BCUT2D eigenvalue weighted by Crippen LogP contribution is 2.28. The Kier molecular flexibility index (Phi) is 4.08. The molecule has 2 aromatic rings. The van der Waals surface area contributed by atoms with Gasteiger partial charge in [0.25, 0.3) is 0 Å². The average Bonchev–Trinajstić information content (AvgIpc) is 2.77. The van der Waals surface area contributed by atoms with Crippen LogP contribution in [0.4, 0.5) is 13.2 Å². The van der Waals surface area contributed by atoms with Crippen LogP contribution in [0.1, 0.15) is 23.2 Å². The van der Waals surface area contributed by atoms with Gasteiger partial charge in [-0.2, -0.15) is 18.3 Å². The maximum atomic E-state index is 12.5. The Balaban J connectivity index is 2.26. The summed E-state index contributed by atoms with van der Waals surface area (Å²) in [4.78, 5) is 3.83. The molecular formula is C13H15F3N4. The minimum absolute atomic E-state index is 0.370. The molecule has 108 valence electrons. The highest BCUT2D eigenvalue weighted by molar-refractivity contribution is 5.30. The maximum Gasteiger partial charge on any atom is 0.417 e. The Bertz CT molecular complexity index is 572. The number of nitrogens with zero attached hydrogens (tertiary/aromatic N) is 3. The molecule has 0 amide bonds. The van der Waals surface area contributed by atoms with E-state index in [-0.39, 0.29) is 0 Å². The van der Waals surface area contributed by atoms with Gasteiger partial charge in [0.15, 0.2) is 5.82 Å². The van der Waals surface area contributed by atoms with Crippen molar-refractivity contribution in [2.75, 3.05) is 6.54 Å². The number of aromatic nitrogens is 3. The van der Waals surface area contributed by atoms with Crippen LogP contribution in [0, 0.1) is 6.92 Å². The summed E-state index contributed by atoms with van der Waals surface area (Å²) >= 11 is 0. The maximum absolute atomic E-state index is 12.5. The second-order valence-corrected chi connectivity index (χ2v) is 4.46. The number of halogens is 3. The average molecular weight is 284 g/mol. The molecule has 0 fully saturated rings. The van der Waals surface area contributed by atoms with E-state index >= 15 is 0 Å². The summed E-state index contributed by atoms with van der Waals surface area (Å²) in [6, 6.07) is 2.32. The monoisotopic (exact) mass is 284 g/mol. The number of aryl methyl sites for hydroxylation is 1. The largest absolute Gasteiger partial charge is 0.417 e. The molecule has 2 aromatic heterocycles. The molecule has 0 aromatic carbocycles. The van der Waals surface area contributed by atoms with Crippen LogP contribution in [0.5, 0.6) is 0 Å². The van der Waals surface area contributed by atoms with E-state index in [1.54, 1.807) is 6.20 Å². The molecule has 0 spiro atoms. The molecule has 0 unspecified atom stereocenters. The van der Waals surface area contributed by atoms with Crippen LogP contribution < -0.4 is 5.73 Å². The predicted octanol–water partition coefficient (Wildman–Crippen LogP) is 2.49. The Morgan fingerprint density at radius 2 is 2.00 bits per heavy atom. The Labute approximate surface area is 114 Å². The van der Waals surface area contributed by atoms with E-state index in [1.165, 1.54) is 10.7 Å². The molecule has 2 N–H and O–H groups in total. The molecule has 0 aliphatic rings. The predicted molar refractivity (Wildman–Crippen MR) is 68.5 cm³/mol. The molecular weight excluding hydrogens is 269 g/mol. The zero-order valence-corrected chi connectivity index (χ0v) is 11.0. The first-order chi connectivity index (χ1) is 9.43. The number of alkyl halides is 3. The molecule has 7 heteroatoms. The van der Waals surface area contributed by atoms with Gasteiger partial charge in [-0.05, 0) is 44.0 Å². The molecule has 4 nitrogen and oxygen atoms in total. The van der Waals surface area contributed by atoms with Gasteiger partial charge in [-0.3, -0.25) is 0 Å². The molecule has 2 heterocycles. The number of hydrogen-bond acceptors (Lipinski definition) is 3. The number of hydrogen-bond donors (Lipinski definition) is 1. The van der Waals surface area contributed by atoms with Crippen molar-refractivity contribution < 1.29 is 13.2 Å². The Morgan fingerprint density at radius 1 is 1.25 bits per heavy atom. The quantitative estimate of drug-likeness (QED) is 0.938. The Hall–Kier alpha value is -1.89. The molecule has 2 rings (SSSR count). The van der Waals surface area contributed by atoms with Gasteiger partial charge in [-0.25, -0.2) is 9.67 Å². The topological polar surface area (TPSA) is 56.7 Å². The van der Waals surface area contributed by atoms with Crippen LogP contribution in [-0.4, -0.2) is 21.3 Å². The lowest BCUT2D eigenvalue weighted by Crippen LogP contribution is -2.08. The van der Waals surface area contributed by atoms with Crippen LogP contribution in [0.3, 0.4) is 0 Å². The Morgan fingerprint density at radius 3 is 2.55 bits per heavy atom. The number of pyridine rings is 1. The summed E-state index contributed by atoms with van der Waals surface area (Å²) in [5.41, 5.74) is 6.58. The molecule has 0 bridgehead atoms. The third kappa shape index (κ3) is 2.98. The van der Waals surface area contributed by atoms with Crippen molar-refractivity contribution in [3.8, 4) is 5.82 Å². The number of rotatable bonds is 4. The lowest BCUT2D eigenvalue weighted by atomic mass is 10.1. The fraction of sp³-hybridized carbons (Fsp3) is 0.385. The molecule has 0 saturated carbocycles. The SMILES string of the molecule is Cc1c(CCCN)cnn1-c1ccc(C(F)(F)F)cn1. The minimum Gasteiger partial charge on any atom is -0.330 e. The van der Waals surface area contributed by atoms with E-state index in [0.717, 1.165) is 36.4 Å². The first-order valence-corrected chi connectivity index (χ1v) is 6.20. The van der Waals surface area contributed by atoms with E-state index in [0.29, 0.717) is 12.4 Å². The summed E-state index contributed by atoms with van der Waals surface area (Å²) in [5, 5.41) is 4.16. The van der Waals surface area contributed by atoms with Gasteiger partial charge in [0, 0.05) is 11.9 Å². The third-order valence-electron chi connectivity index (χ3n) is 3.05. The summed E-state index contributed by atoms with van der Waals surface area (Å²) < 4.78 is 38.9. The molecule has 0 radical (unpaired) electrons. The zero-order chi connectivity index (χ0) is 14.8. The second kappa shape index (κ2) is 5.62. The minimum atomic E-state index is -4.38. The van der Waals surface area contributed by atoms with Crippen molar-refractivity contribution in [1.82, 2.24) is 14.8 Å². The van der Waals surface area contributed by atoms with Gasteiger partial charge in [0.1, 0.15) is 0 Å². The van der Waals surface area contributed by atoms with Crippen molar-refractivity contribution in [3.05, 3.63) is 41.3 Å². The molecule has 20 heavy (non-hydrogen) atoms. The first-order valence-electron chi connectivity index (χ1n) is 6.20. The van der Waals surface area contributed by atoms with Gasteiger partial charge >= 0.3 is 6.18 Å². The fourth-order valence-corrected chi connectivity index (χ4v) is 1.89. The van der Waals surface area contributed by atoms with E-state index in [2.05, 4.69) is 10.1 Å². The van der Waals surface area contributed by atoms with Crippen molar-refractivity contribution in [1.29, 1.82) is 0 Å². The lowest BCUT2D eigenvalue weighted by molar-refractivity contribution is -0.137. The van der Waals surface area contributed by atoms with E-state index in [1.807, 2.05) is 6.92 Å². The highest BCUT2D eigenvalue weighted by atomic mass is 19.4. The molecule has 0 atom stereocenters. The van der Waals surface area contributed by atoms with Gasteiger partial charge in [-0.15, -0.1) is 0 Å². The van der Waals surface area contributed by atoms with E-state index < -0.39 is 11.7 Å².